The van der Waals surface area contributed by atoms with Crippen LogP contribution in [-0.2, 0) is 4.79 Å². The van der Waals surface area contributed by atoms with Crippen LogP contribution in [0.1, 0.15) is 11.6 Å². The number of anilines is 1. The zero-order valence-corrected chi connectivity index (χ0v) is 14.5. The summed E-state index contributed by atoms with van der Waals surface area (Å²) in [7, 11) is 0. The predicted molar refractivity (Wildman–Crippen MR) is 98.8 cm³/mol. The number of aromatic amines is 1. The summed E-state index contributed by atoms with van der Waals surface area (Å²) in [6.45, 7) is 2.41. The number of carboxylic acid groups (broad SMARTS) is 1. The topological polar surface area (TPSA) is 59.6 Å². The number of hydrogen-bond acceptors (Lipinski definition) is 3. The highest BCUT2D eigenvalue weighted by molar-refractivity contribution is 5.89. The number of nitrogens with one attached hydrogen (secondary N) is 1. The van der Waals surface area contributed by atoms with E-state index in [1.807, 2.05) is 4.90 Å². The minimum absolute atomic E-state index is 0.279. The Kier molecular flexibility index (Phi) is 4.53. The third-order valence-corrected chi connectivity index (χ3v) is 5.08. The molecule has 1 aliphatic rings. The van der Waals surface area contributed by atoms with E-state index in [1.165, 1.54) is 24.3 Å². The zero-order valence-electron chi connectivity index (χ0n) is 14.5. The van der Waals surface area contributed by atoms with E-state index >= 15 is 0 Å². The number of hydrogen-bond donors (Lipinski definition) is 2. The van der Waals surface area contributed by atoms with Crippen molar-refractivity contribution in [1.29, 1.82) is 0 Å². The van der Waals surface area contributed by atoms with Crippen LogP contribution in [0.2, 0.25) is 0 Å². The molecule has 7 heteroatoms. The lowest BCUT2D eigenvalue weighted by Crippen LogP contribution is -2.49. The van der Waals surface area contributed by atoms with Gasteiger partial charge in [-0.05, 0) is 42.5 Å². The average molecular weight is 371 g/mol. The molecule has 0 saturated carbocycles. The molecule has 1 aromatic heterocycles. The molecule has 2 heterocycles. The van der Waals surface area contributed by atoms with Crippen molar-refractivity contribution in [2.45, 2.75) is 6.04 Å². The van der Waals surface area contributed by atoms with Gasteiger partial charge in [0.05, 0.1) is 0 Å². The van der Waals surface area contributed by atoms with Crippen LogP contribution in [0.25, 0.3) is 10.9 Å². The number of nitrogens with zero attached hydrogens (tertiary/aromatic N) is 2. The number of rotatable bonds is 4. The zero-order chi connectivity index (χ0) is 19.0. The first kappa shape index (κ1) is 17.5. The van der Waals surface area contributed by atoms with E-state index in [0.29, 0.717) is 42.6 Å². The molecule has 4 rings (SSSR count). The molecule has 140 valence electrons. The van der Waals surface area contributed by atoms with Crippen LogP contribution >= 0.6 is 0 Å². The summed E-state index contributed by atoms with van der Waals surface area (Å²) in [5, 5.41) is 10.6. The first-order chi connectivity index (χ1) is 13.0. The van der Waals surface area contributed by atoms with E-state index in [9.17, 15) is 18.7 Å². The fraction of sp³-hybridized carbons (Fsp3) is 0.250. The number of carboxylic acids is 1. The third kappa shape index (κ3) is 3.38. The third-order valence-electron chi connectivity index (χ3n) is 5.08. The van der Waals surface area contributed by atoms with E-state index in [0.717, 1.165) is 5.69 Å². The van der Waals surface area contributed by atoms with Gasteiger partial charge in [-0.2, -0.15) is 0 Å². The molecule has 0 bridgehead atoms. The summed E-state index contributed by atoms with van der Waals surface area (Å²) in [6, 6.07) is 9.82. The van der Waals surface area contributed by atoms with E-state index < -0.39 is 12.0 Å². The van der Waals surface area contributed by atoms with Crippen molar-refractivity contribution >= 4 is 22.6 Å². The molecular weight excluding hydrogens is 352 g/mol. The first-order valence-electron chi connectivity index (χ1n) is 8.77. The van der Waals surface area contributed by atoms with Crippen LogP contribution in [0, 0.1) is 11.6 Å². The molecule has 0 amide bonds. The van der Waals surface area contributed by atoms with Gasteiger partial charge in [0.25, 0.3) is 0 Å². The summed E-state index contributed by atoms with van der Waals surface area (Å²) in [5.74, 6) is -1.58. The minimum atomic E-state index is -0.935. The number of halogens is 2. The van der Waals surface area contributed by atoms with Gasteiger partial charge in [0.2, 0.25) is 0 Å². The summed E-state index contributed by atoms with van der Waals surface area (Å²) < 4.78 is 26.5. The Bertz CT molecular complexity index is 963. The molecule has 3 aromatic rings. The number of aliphatic carboxylic acids is 1. The molecule has 5 nitrogen and oxygen atoms in total. The molecule has 1 fully saturated rings. The maximum Gasteiger partial charge on any atom is 0.325 e. The lowest BCUT2D eigenvalue weighted by Gasteiger charge is -2.38. The number of H-pyrrole nitrogens is 1. The SMILES string of the molecule is O=C(O)[C@H](c1c[nH]c2cc(F)ccc12)N1CCN(c2ccc(F)cc2)CC1. The number of fused-ring (bicyclic) bond motifs is 1. The second-order valence-electron chi connectivity index (χ2n) is 6.67. The van der Waals surface area contributed by atoms with Gasteiger partial charge in [-0.15, -0.1) is 0 Å². The van der Waals surface area contributed by atoms with Crippen molar-refractivity contribution in [3.8, 4) is 0 Å². The molecule has 1 saturated heterocycles. The maximum absolute atomic E-state index is 13.4. The van der Waals surface area contributed by atoms with E-state index in [4.69, 9.17) is 0 Å². The molecule has 27 heavy (non-hydrogen) atoms. The Morgan fingerprint density at radius 1 is 1.00 bits per heavy atom. The lowest BCUT2D eigenvalue weighted by molar-refractivity contribution is -0.143. The van der Waals surface area contributed by atoms with Crippen LogP contribution < -0.4 is 4.90 Å². The Hall–Kier alpha value is -2.93. The fourth-order valence-corrected chi connectivity index (χ4v) is 3.72. The number of carbonyl (C=O) groups is 1. The normalized spacial score (nSPS) is 16.6. The molecule has 0 spiro atoms. The van der Waals surface area contributed by atoms with Gasteiger partial charge in [0, 0.05) is 54.5 Å². The van der Waals surface area contributed by atoms with Crippen LogP contribution in [-0.4, -0.2) is 47.1 Å². The van der Waals surface area contributed by atoms with Gasteiger partial charge in [0.1, 0.15) is 17.7 Å². The molecule has 1 aliphatic heterocycles. The fourth-order valence-electron chi connectivity index (χ4n) is 3.72. The highest BCUT2D eigenvalue weighted by Crippen LogP contribution is 2.30. The Morgan fingerprint density at radius 3 is 2.33 bits per heavy atom. The quantitative estimate of drug-likeness (QED) is 0.738. The smallest absolute Gasteiger partial charge is 0.325 e. The van der Waals surface area contributed by atoms with E-state index in [1.54, 1.807) is 24.4 Å². The van der Waals surface area contributed by atoms with Crippen LogP contribution in [0.15, 0.2) is 48.7 Å². The van der Waals surface area contributed by atoms with E-state index in [-0.39, 0.29) is 11.6 Å². The van der Waals surface area contributed by atoms with Crippen molar-refractivity contribution in [3.05, 3.63) is 65.9 Å². The van der Waals surface area contributed by atoms with Crippen LogP contribution in [0.3, 0.4) is 0 Å². The summed E-state index contributed by atoms with van der Waals surface area (Å²) in [6.07, 6.45) is 1.65. The van der Waals surface area contributed by atoms with Gasteiger partial charge >= 0.3 is 5.97 Å². The number of piperazine rings is 1. The lowest BCUT2D eigenvalue weighted by atomic mass is 10.0. The summed E-state index contributed by atoms with van der Waals surface area (Å²) in [4.78, 5) is 19.0. The minimum Gasteiger partial charge on any atom is -0.480 e. The Labute approximate surface area is 154 Å². The Balaban J connectivity index is 1.55. The molecule has 0 radical (unpaired) electrons. The van der Waals surface area contributed by atoms with E-state index in [2.05, 4.69) is 9.88 Å². The average Bonchev–Trinajstić information content (AvgIpc) is 3.05. The van der Waals surface area contributed by atoms with Crippen molar-refractivity contribution in [3.63, 3.8) is 0 Å². The highest BCUT2D eigenvalue weighted by Gasteiger charge is 2.32. The van der Waals surface area contributed by atoms with Crippen LogP contribution in [0.4, 0.5) is 14.5 Å². The van der Waals surface area contributed by atoms with Gasteiger partial charge in [-0.1, -0.05) is 0 Å². The molecular formula is C20H19F2N3O2. The summed E-state index contributed by atoms with van der Waals surface area (Å²) in [5.41, 5.74) is 2.14. The molecule has 2 aromatic carbocycles. The second-order valence-corrected chi connectivity index (χ2v) is 6.67. The predicted octanol–water partition coefficient (Wildman–Crippen LogP) is 3.39. The van der Waals surface area contributed by atoms with Crippen molar-refractivity contribution in [2.24, 2.45) is 0 Å². The van der Waals surface area contributed by atoms with Crippen LogP contribution in [0.5, 0.6) is 0 Å². The van der Waals surface area contributed by atoms with Crippen molar-refractivity contribution in [1.82, 2.24) is 9.88 Å². The maximum atomic E-state index is 13.4. The highest BCUT2D eigenvalue weighted by atomic mass is 19.1. The van der Waals surface area contributed by atoms with Crippen molar-refractivity contribution < 1.29 is 18.7 Å². The molecule has 2 N–H and O–H groups in total. The van der Waals surface area contributed by atoms with Gasteiger partial charge in [-0.3, -0.25) is 9.69 Å². The van der Waals surface area contributed by atoms with Gasteiger partial charge < -0.3 is 15.0 Å². The number of benzene rings is 2. The molecule has 0 aliphatic carbocycles. The monoisotopic (exact) mass is 371 g/mol. The standard InChI is InChI=1S/C20H19F2N3O2/c21-13-1-4-15(5-2-13)24-7-9-25(10-8-24)19(20(26)27)17-12-23-18-11-14(22)3-6-16(17)18/h1-6,11-12,19,23H,7-10H2,(H,26,27)/t19-/m0/s1. The second kappa shape index (κ2) is 7.00. The molecule has 1 atom stereocenters. The first-order valence-corrected chi connectivity index (χ1v) is 8.77. The largest absolute Gasteiger partial charge is 0.480 e. The molecule has 0 unspecified atom stereocenters. The Morgan fingerprint density at radius 2 is 1.67 bits per heavy atom. The van der Waals surface area contributed by atoms with Gasteiger partial charge in [0.15, 0.2) is 0 Å². The summed E-state index contributed by atoms with van der Waals surface area (Å²) >= 11 is 0. The van der Waals surface area contributed by atoms with Gasteiger partial charge in [-0.25, -0.2) is 8.78 Å². The van der Waals surface area contributed by atoms with Crippen molar-refractivity contribution in [2.75, 3.05) is 31.1 Å². The number of aromatic nitrogens is 1.